The quantitative estimate of drug-likeness (QED) is 0.915. The van der Waals surface area contributed by atoms with E-state index in [0.717, 1.165) is 5.69 Å². The number of amides is 2. The molecular weight excluding hydrogens is 284 g/mol. The van der Waals surface area contributed by atoms with E-state index < -0.39 is 0 Å². The standard InChI is InChI=1S/C16H20N2O4/c1-10(2)17-16(20)11-7-15(19)18(9-11)12-3-4-13-14(8-12)22-6-5-21-13/h3-4,8,10-11H,5-7,9H2,1-2H3,(H,17,20)/t11-/m0/s1. The molecule has 1 fully saturated rings. The molecular formula is C16H20N2O4. The Balaban J connectivity index is 1.75. The lowest BCUT2D eigenvalue weighted by atomic mass is 10.1. The van der Waals surface area contributed by atoms with Crippen molar-refractivity contribution in [2.24, 2.45) is 5.92 Å². The smallest absolute Gasteiger partial charge is 0.227 e. The van der Waals surface area contributed by atoms with E-state index in [1.807, 2.05) is 19.9 Å². The van der Waals surface area contributed by atoms with E-state index in [0.29, 0.717) is 31.3 Å². The first-order chi connectivity index (χ1) is 10.5. The van der Waals surface area contributed by atoms with E-state index in [-0.39, 0.29) is 30.2 Å². The van der Waals surface area contributed by atoms with Crippen LogP contribution in [-0.4, -0.2) is 37.6 Å². The van der Waals surface area contributed by atoms with Crippen LogP contribution in [0.4, 0.5) is 5.69 Å². The molecule has 1 atom stereocenters. The number of carbonyl (C=O) groups excluding carboxylic acids is 2. The van der Waals surface area contributed by atoms with Gasteiger partial charge in [-0.25, -0.2) is 0 Å². The number of anilines is 1. The van der Waals surface area contributed by atoms with Crippen LogP contribution < -0.4 is 19.7 Å². The lowest BCUT2D eigenvalue weighted by molar-refractivity contribution is -0.126. The van der Waals surface area contributed by atoms with Crippen molar-refractivity contribution in [2.75, 3.05) is 24.7 Å². The zero-order valence-corrected chi connectivity index (χ0v) is 12.8. The summed E-state index contributed by atoms with van der Waals surface area (Å²) in [4.78, 5) is 25.9. The Morgan fingerprint density at radius 1 is 1.27 bits per heavy atom. The highest BCUT2D eigenvalue weighted by molar-refractivity contribution is 6.00. The molecule has 2 heterocycles. The predicted molar refractivity (Wildman–Crippen MR) is 81.2 cm³/mol. The van der Waals surface area contributed by atoms with Gasteiger partial charge in [0.15, 0.2) is 11.5 Å². The molecule has 2 amide bonds. The molecule has 0 aliphatic carbocycles. The van der Waals surface area contributed by atoms with Crippen LogP contribution in [0.25, 0.3) is 0 Å². The van der Waals surface area contributed by atoms with Crippen LogP contribution in [0, 0.1) is 5.92 Å². The first-order valence-electron chi connectivity index (χ1n) is 7.55. The fraction of sp³-hybridized carbons (Fsp3) is 0.500. The fourth-order valence-corrected chi connectivity index (χ4v) is 2.74. The number of hydrogen-bond donors (Lipinski definition) is 1. The summed E-state index contributed by atoms with van der Waals surface area (Å²) in [7, 11) is 0. The second-order valence-corrected chi connectivity index (χ2v) is 5.90. The third-order valence-corrected chi connectivity index (χ3v) is 3.76. The molecule has 118 valence electrons. The zero-order valence-electron chi connectivity index (χ0n) is 12.8. The van der Waals surface area contributed by atoms with Gasteiger partial charge in [0.1, 0.15) is 13.2 Å². The molecule has 1 saturated heterocycles. The van der Waals surface area contributed by atoms with Crippen molar-refractivity contribution in [1.82, 2.24) is 5.32 Å². The Hall–Kier alpha value is -2.24. The molecule has 1 aromatic rings. The van der Waals surface area contributed by atoms with E-state index in [4.69, 9.17) is 9.47 Å². The number of nitrogens with zero attached hydrogens (tertiary/aromatic N) is 1. The molecule has 1 aromatic carbocycles. The zero-order chi connectivity index (χ0) is 15.7. The SMILES string of the molecule is CC(C)NC(=O)[C@H]1CC(=O)N(c2ccc3c(c2)OCCO3)C1. The average Bonchev–Trinajstić information content (AvgIpc) is 2.88. The van der Waals surface area contributed by atoms with Gasteiger partial charge in [-0.2, -0.15) is 0 Å². The Morgan fingerprint density at radius 2 is 2.00 bits per heavy atom. The number of carbonyl (C=O) groups is 2. The van der Waals surface area contributed by atoms with Crippen molar-refractivity contribution in [2.45, 2.75) is 26.3 Å². The third-order valence-electron chi connectivity index (χ3n) is 3.76. The molecule has 3 rings (SSSR count). The van der Waals surface area contributed by atoms with Crippen molar-refractivity contribution < 1.29 is 19.1 Å². The van der Waals surface area contributed by atoms with Gasteiger partial charge in [-0.15, -0.1) is 0 Å². The first kappa shape index (κ1) is 14.7. The van der Waals surface area contributed by atoms with Gasteiger partial charge >= 0.3 is 0 Å². The van der Waals surface area contributed by atoms with Gasteiger partial charge in [0.2, 0.25) is 11.8 Å². The summed E-state index contributed by atoms with van der Waals surface area (Å²) in [6.45, 7) is 5.26. The van der Waals surface area contributed by atoms with Crippen molar-refractivity contribution in [3.63, 3.8) is 0 Å². The van der Waals surface area contributed by atoms with Gasteiger partial charge in [0, 0.05) is 30.8 Å². The summed E-state index contributed by atoms with van der Waals surface area (Å²) in [5, 5.41) is 2.86. The van der Waals surface area contributed by atoms with Crippen LogP contribution >= 0.6 is 0 Å². The number of ether oxygens (including phenoxy) is 2. The molecule has 6 heteroatoms. The summed E-state index contributed by atoms with van der Waals surface area (Å²) in [5.41, 5.74) is 0.745. The Kier molecular flexibility index (Phi) is 3.92. The van der Waals surface area contributed by atoms with Crippen LogP contribution in [-0.2, 0) is 9.59 Å². The van der Waals surface area contributed by atoms with Crippen LogP contribution in [0.5, 0.6) is 11.5 Å². The summed E-state index contributed by atoms with van der Waals surface area (Å²) < 4.78 is 11.0. The van der Waals surface area contributed by atoms with E-state index in [1.165, 1.54) is 0 Å². The van der Waals surface area contributed by atoms with E-state index in [2.05, 4.69) is 5.32 Å². The van der Waals surface area contributed by atoms with Gasteiger partial charge in [-0.1, -0.05) is 0 Å². The summed E-state index contributed by atoms with van der Waals surface area (Å²) in [5.74, 6) is 0.925. The molecule has 2 aliphatic rings. The van der Waals surface area contributed by atoms with Gasteiger partial charge in [0.25, 0.3) is 0 Å². The molecule has 22 heavy (non-hydrogen) atoms. The topological polar surface area (TPSA) is 67.9 Å². The monoisotopic (exact) mass is 304 g/mol. The van der Waals surface area contributed by atoms with Gasteiger partial charge < -0.3 is 19.7 Å². The van der Waals surface area contributed by atoms with Gasteiger partial charge in [-0.3, -0.25) is 9.59 Å². The normalized spacial score (nSPS) is 20.4. The van der Waals surface area contributed by atoms with Crippen LogP contribution in [0.15, 0.2) is 18.2 Å². The Bertz CT molecular complexity index is 600. The predicted octanol–water partition coefficient (Wildman–Crippen LogP) is 1.34. The number of benzene rings is 1. The first-order valence-corrected chi connectivity index (χ1v) is 7.55. The van der Waals surface area contributed by atoms with Crippen molar-refractivity contribution in [3.05, 3.63) is 18.2 Å². The molecule has 0 saturated carbocycles. The largest absolute Gasteiger partial charge is 0.486 e. The van der Waals surface area contributed by atoms with Gasteiger partial charge in [0.05, 0.1) is 5.92 Å². The van der Waals surface area contributed by atoms with E-state index in [1.54, 1.807) is 17.0 Å². The van der Waals surface area contributed by atoms with Crippen LogP contribution in [0.3, 0.4) is 0 Å². The van der Waals surface area contributed by atoms with Crippen molar-refractivity contribution >= 4 is 17.5 Å². The van der Waals surface area contributed by atoms with Crippen molar-refractivity contribution in [1.29, 1.82) is 0 Å². The maximum absolute atomic E-state index is 12.2. The Morgan fingerprint density at radius 3 is 2.73 bits per heavy atom. The minimum atomic E-state index is -0.303. The summed E-state index contributed by atoms with van der Waals surface area (Å²) in [6.07, 6.45) is 0.243. The summed E-state index contributed by atoms with van der Waals surface area (Å²) >= 11 is 0. The van der Waals surface area contributed by atoms with E-state index in [9.17, 15) is 9.59 Å². The molecule has 6 nitrogen and oxygen atoms in total. The second-order valence-electron chi connectivity index (χ2n) is 5.90. The maximum atomic E-state index is 12.2. The van der Waals surface area contributed by atoms with Gasteiger partial charge in [-0.05, 0) is 26.0 Å². The number of rotatable bonds is 3. The number of fused-ring (bicyclic) bond motifs is 1. The lowest BCUT2D eigenvalue weighted by Crippen LogP contribution is -2.36. The summed E-state index contributed by atoms with van der Waals surface area (Å²) in [6, 6.07) is 5.51. The fourth-order valence-electron chi connectivity index (χ4n) is 2.74. The minimum Gasteiger partial charge on any atom is -0.486 e. The molecule has 1 N–H and O–H groups in total. The average molecular weight is 304 g/mol. The van der Waals surface area contributed by atoms with Crippen molar-refractivity contribution in [3.8, 4) is 11.5 Å². The molecule has 0 spiro atoms. The van der Waals surface area contributed by atoms with E-state index >= 15 is 0 Å². The molecule has 0 aromatic heterocycles. The Labute approximate surface area is 129 Å². The minimum absolute atomic E-state index is 0.0411. The third kappa shape index (κ3) is 2.86. The molecule has 0 unspecified atom stereocenters. The second kappa shape index (κ2) is 5.87. The number of nitrogens with one attached hydrogen (secondary N) is 1. The molecule has 0 bridgehead atoms. The lowest BCUT2D eigenvalue weighted by Gasteiger charge is -2.22. The highest BCUT2D eigenvalue weighted by Gasteiger charge is 2.35. The number of hydrogen-bond acceptors (Lipinski definition) is 4. The molecule has 2 aliphatic heterocycles. The maximum Gasteiger partial charge on any atom is 0.227 e. The van der Waals surface area contributed by atoms with Crippen LogP contribution in [0.1, 0.15) is 20.3 Å². The highest BCUT2D eigenvalue weighted by atomic mass is 16.6. The molecule has 0 radical (unpaired) electrons. The highest BCUT2D eigenvalue weighted by Crippen LogP contribution is 2.35. The van der Waals surface area contributed by atoms with Crippen LogP contribution in [0.2, 0.25) is 0 Å².